The minimum Gasteiger partial charge on any atom is -0.493 e. The summed E-state index contributed by atoms with van der Waals surface area (Å²) in [5, 5.41) is 6.26. The number of nitrogens with zero attached hydrogens (tertiary/aromatic N) is 1. The zero-order chi connectivity index (χ0) is 24.2. The Kier molecular flexibility index (Phi) is 7.00. The molecule has 0 aliphatic rings. The summed E-state index contributed by atoms with van der Waals surface area (Å²) in [4.78, 5) is 17.2. The molecule has 0 bridgehead atoms. The second-order valence-corrected chi connectivity index (χ2v) is 8.16. The molecule has 174 valence electrons. The van der Waals surface area contributed by atoms with Crippen LogP contribution in [0.25, 0.3) is 22.6 Å². The van der Waals surface area contributed by atoms with E-state index in [4.69, 9.17) is 37.7 Å². The number of aryl methyl sites for hydroxylation is 1. The van der Waals surface area contributed by atoms with Crippen molar-refractivity contribution in [3.8, 4) is 23.0 Å². The van der Waals surface area contributed by atoms with Gasteiger partial charge in [-0.2, -0.15) is 0 Å². The highest BCUT2D eigenvalue weighted by atomic mass is 35.5. The third-order valence-electron chi connectivity index (χ3n) is 5.19. The third-order valence-corrected chi connectivity index (χ3v) is 5.72. The van der Waals surface area contributed by atoms with Gasteiger partial charge in [0.2, 0.25) is 5.89 Å². The third kappa shape index (κ3) is 4.98. The van der Waals surface area contributed by atoms with E-state index in [0.717, 1.165) is 11.9 Å². The van der Waals surface area contributed by atoms with E-state index >= 15 is 0 Å². The van der Waals surface area contributed by atoms with Crippen molar-refractivity contribution in [1.29, 1.82) is 0 Å². The SMILES string of the molecule is CCc1ccc2oc(-c3cc(NC(=S)NC(=O)c4ccc(OC)c(OC)c4)ccc3Cl)nc2c1. The Bertz CT molecular complexity index is 1390. The van der Waals surface area contributed by atoms with Crippen LogP contribution in [0.2, 0.25) is 5.02 Å². The lowest BCUT2D eigenvalue weighted by atomic mass is 10.1. The maximum atomic E-state index is 12.6. The lowest BCUT2D eigenvalue weighted by Gasteiger charge is -2.12. The number of ether oxygens (including phenoxy) is 2. The van der Waals surface area contributed by atoms with E-state index in [1.165, 1.54) is 19.8 Å². The number of aromatic nitrogens is 1. The van der Waals surface area contributed by atoms with Crippen LogP contribution in [-0.2, 0) is 6.42 Å². The Balaban J connectivity index is 1.51. The van der Waals surface area contributed by atoms with Gasteiger partial charge in [-0.15, -0.1) is 0 Å². The average molecular weight is 496 g/mol. The summed E-state index contributed by atoms with van der Waals surface area (Å²) >= 11 is 11.7. The highest BCUT2D eigenvalue weighted by molar-refractivity contribution is 7.80. The molecule has 0 saturated heterocycles. The number of nitrogens with one attached hydrogen (secondary N) is 2. The number of rotatable bonds is 6. The van der Waals surface area contributed by atoms with Crippen molar-refractivity contribution in [3.05, 3.63) is 70.7 Å². The summed E-state index contributed by atoms with van der Waals surface area (Å²) in [6, 6.07) is 16.0. The zero-order valence-electron chi connectivity index (χ0n) is 18.8. The van der Waals surface area contributed by atoms with E-state index < -0.39 is 5.91 Å². The lowest BCUT2D eigenvalue weighted by molar-refractivity contribution is 0.0977. The molecule has 0 aliphatic heterocycles. The first-order valence-electron chi connectivity index (χ1n) is 10.5. The molecule has 0 fully saturated rings. The number of thiocarbonyl (C=S) groups is 1. The van der Waals surface area contributed by atoms with E-state index in [0.29, 0.717) is 44.8 Å². The predicted molar refractivity (Wildman–Crippen MR) is 137 cm³/mol. The minimum atomic E-state index is -0.390. The molecule has 7 nitrogen and oxygen atoms in total. The van der Waals surface area contributed by atoms with Gasteiger partial charge in [0.05, 0.1) is 24.8 Å². The van der Waals surface area contributed by atoms with Crippen LogP contribution >= 0.6 is 23.8 Å². The van der Waals surface area contributed by atoms with Crippen molar-refractivity contribution < 1.29 is 18.7 Å². The molecule has 0 unspecified atom stereocenters. The number of methoxy groups -OCH3 is 2. The maximum absolute atomic E-state index is 12.6. The Morgan fingerprint density at radius 3 is 2.59 bits per heavy atom. The molecule has 0 saturated carbocycles. The number of hydrogen-bond acceptors (Lipinski definition) is 6. The number of halogens is 1. The molecule has 0 aliphatic carbocycles. The average Bonchev–Trinajstić information content (AvgIpc) is 3.27. The molecule has 9 heteroatoms. The molecule has 0 radical (unpaired) electrons. The molecule has 3 aromatic carbocycles. The van der Waals surface area contributed by atoms with Crippen molar-refractivity contribution >= 4 is 51.6 Å². The van der Waals surface area contributed by atoms with E-state index in [1.807, 2.05) is 18.2 Å². The molecule has 0 spiro atoms. The Hall–Kier alpha value is -3.62. The first kappa shape index (κ1) is 23.5. The second-order valence-electron chi connectivity index (χ2n) is 7.35. The molecular weight excluding hydrogens is 474 g/mol. The smallest absolute Gasteiger partial charge is 0.257 e. The van der Waals surface area contributed by atoms with Crippen LogP contribution in [0.15, 0.2) is 59.0 Å². The van der Waals surface area contributed by atoms with Crippen LogP contribution in [0.3, 0.4) is 0 Å². The Morgan fingerprint density at radius 1 is 1.06 bits per heavy atom. The van der Waals surface area contributed by atoms with Gasteiger partial charge in [-0.1, -0.05) is 24.6 Å². The molecule has 4 rings (SSSR count). The number of hydrogen-bond donors (Lipinski definition) is 2. The van der Waals surface area contributed by atoms with Gasteiger partial charge in [0, 0.05) is 11.3 Å². The maximum Gasteiger partial charge on any atom is 0.257 e. The summed E-state index contributed by atoms with van der Waals surface area (Å²) in [7, 11) is 3.03. The van der Waals surface area contributed by atoms with E-state index in [-0.39, 0.29) is 5.11 Å². The second kappa shape index (κ2) is 10.1. The highest BCUT2D eigenvalue weighted by Crippen LogP contribution is 2.33. The van der Waals surface area contributed by atoms with Crippen LogP contribution in [0.5, 0.6) is 11.5 Å². The fourth-order valence-corrected chi connectivity index (χ4v) is 3.80. The fraction of sp³-hybridized carbons (Fsp3) is 0.160. The standard InChI is InChI=1S/C25H22ClN3O4S/c1-4-14-5-9-20-19(11-14)28-24(33-20)17-13-16(7-8-18(17)26)27-25(34)29-23(30)15-6-10-21(31-2)22(12-15)32-3/h5-13H,4H2,1-3H3,(H2,27,29,30,34). The summed E-state index contributed by atoms with van der Waals surface area (Å²) < 4.78 is 16.4. The molecule has 2 N–H and O–H groups in total. The van der Waals surface area contributed by atoms with Crippen molar-refractivity contribution in [1.82, 2.24) is 10.3 Å². The van der Waals surface area contributed by atoms with Gasteiger partial charge in [0.15, 0.2) is 22.2 Å². The molecule has 0 atom stereocenters. The Labute approximate surface area is 207 Å². The number of carbonyl (C=O) groups is 1. The van der Waals surface area contributed by atoms with Crippen LogP contribution in [0.1, 0.15) is 22.8 Å². The topological polar surface area (TPSA) is 85.6 Å². The fourth-order valence-electron chi connectivity index (χ4n) is 3.39. The minimum absolute atomic E-state index is 0.123. The van der Waals surface area contributed by atoms with Gasteiger partial charge >= 0.3 is 0 Å². The Morgan fingerprint density at radius 2 is 1.85 bits per heavy atom. The summed E-state index contributed by atoms with van der Waals surface area (Å²) in [5.74, 6) is 0.981. The van der Waals surface area contributed by atoms with Gasteiger partial charge in [-0.3, -0.25) is 10.1 Å². The largest absolute Gasteiger partial charge is 0.493 e. The molecule has 34 heavy (non-hydrogen) atoms. The molecular formula is C25H22ClN3O4S. The van der Waals surface area contributed by atoms with Crippen molar-refractivity contribution in [2.24, 2.45) is 0 Å². The summed E-state index contributed by atoms with van der Waals surface area (Å²) in [6.45, 7) is 2.08. The van der Waals surface area contributed by atoms with Gasteiger partial charge in [-0.25, -0.2) is 4.98 Å². The van der Waals surface area contributed by atoms with Crippen LogP contribution in [-0.4, -0.2) is 30.2 Å². The lowest BCUT2D eigenvalue weighted by Crippen LogP contribution is -2.34. The van der Waals surface area contributed by atoms with Gasteiger partial charge in [-0.05, 0) is 72.7 Å². The van der Waals surface area contributed by atoms with Crippen molar-refractivity contribution in [3.63, 3.8) is 0 Å². The van der Waals surface area contributed by atoms with E-state index in [2.05, 4.69) is 22.5 Å². The number of fused-ring (bicyclic) bond motifs is 1. The number of anilines is 1. The number of oxazole rings is 1. The number of carbonyl (C=O) groups excluding carboxylic acids is 1. The van der Waals surface area contributed by atoms with Gasteiger partial charge < -0.3 is 19.2 Å². The summed E-state index contributed by atoms with van der Waals surface area (Å²) in [5.41, 5.74) is 4.21. The quantitative estimate of drug-likeness (QED) is 0.324. The monoisotopic (exact) mass is 495 g/mol. The molecule has 1 amide bonds. The normalized spacial score (nSPS) is 10.7. The van der Waals surface area contributed by atoms with Gasteiger partial charge in [0.25, 0.3) is 5.91 Å². The van der Waals surface area contributed by atoms with Crippen molar-refractivity contribution in [2.45, 2.75) is 13.3 Å². The highest BCUT2D eigenvalue weighted by Gasteiger charge is 2.15. The van der Waals surface area contributed by atoms with Crippen LogP contribution < -0.4 is 20.1 Å². The number of amides is 1. The van der Waals surface area contributed by atoms with Crippen molar-refractivity contribution in [2.75, 3.05) is 19.5 Å². The van der Waals surface area contributed by atoms with Crippen LogP contribution in [0.4, 0.5) is 5.69 Å². The number of benzene rings is 3. The van der Waals surface area contributed by atoms with Gasteiger partial charge in [0.1, 0.15) is 5.52 Å². The van der Waals surface area contributed by atoms with Crippen LogP contribution in [0, 0.1) is 0 Å². The summed E-state index contributed by atoms with van der Waals surface area (Å²) in [6.07, 6.45) is 0.908. The predicted octanol–water partition coefficient (Wildman–Crippen LogP) is 5.85. The first-order valence-corrected chi connectivity index (χ1v) is 11.2. The van der Waals surface area contributed by atoms with E-state index in [9.17, 15) is 4.79 Å². The van der Waals surface area contributed by atoms with E-state index in [1.54, 1.807) is 36.4 Å². The molecule has 4 aromatic rings. The zero-order valence-corrected chi connectivity index (χ0v) is 20.3. The first-order chi connectivity index (χ1) is 16.4. The molecule has 1 heterocycles. The molecule has 1 aromatic heterocycles.